The summed E-state index contributed by atoms with van der Waals surface area (Å²) in [6.45, 7) is -1.24. The highest BCUT2D eigenvalue weighted by Crippen LogP contribution is 2.51. The lowest BCUT2D eigenvalue weighted by Gasteiger charge is -2.24. The van der Waals surface area contributed by atoms with E-state index in [0.29, 0.717) is 25.9 Å². The maximum atomic E-state index is 13.1. The van der Waals surface area contributed by atoms with Crippen LogP contribution in [0.2, 0.25) is 0 Å². The highest BCUT2D eigenvalue weighted by Gasteiger charge is 2.44. The van der Waals surface area contributed by atoms with Gasteiger partial charge in [0.05, 0.1) is 32.9 Å². The van der Waals surface area contributed by atoms with Crippen molar-refractivity contribution in [2.45, 2.75) is 88.4 Å². The molecular formula is C28H48N4O14P2S. The lowest BCUT2D eigenvalue weighted by molar-refractivity contribution is -0.116. The first-order chi connectivity index (χ1) is 23.8. The van der Waals surface area contributed by atoms with Gasteiger partial charge in [-0.1, -0.05) is 12.8 Å². The number of ether oxygens (including phenoxy) is 2. The fourth-order valence-corrected chi connectivity index (χ4v) is 7.17. The molecule has 21 heteroatoms. The van der Waals surface area contributed by atoms with Gasteiger partial charge in [-0.25, -0.2) is 13.9 Å². The molecule has 0 radical (unpaired) electrons. The van der Waals surface area contributed by atoms with E-state index >= 15 is 0 Å². The Labute approximate surface area is 290 Å². The summed E-state index contributed by atoms with van der Waals surface area (Å²) in [6, 6.07) is 0. The molecule has 8 atom stereocenters. The summed E-state index contributed by atoms with van der Waals surface area (Å²) in [4.78, 5) is 60.4. The first-order valence-electron chi connectivity index (χ1n) is 16.6. The largest absolute Gasteiger partial charge is 0.472 e. The maximum absolute atomic E-state index is 13.1. The van der Waals surface area contributed by atoms with Gasteiger partial charge < -0.3 is 35.4 Å². The summed E-state index contributed by atoms with van der Waals surface area (Å²) in [5.41, 5.74) is 3.70. The van der Waals surface area contributed by atoms with E-state index in [2.05, 4.69) is 22.9 Å². The van der Waals surface area contributed by atoms with Crippen LogP contribution in [0.5, 0.6) is 0 Å². The number of aliphatic hydroxyl groups excluding tert-OH is 1. The number of carbonyl (C=O) groups is 1. The average Bonchev–Trinajstić information content (AvgIpc) is 3.60. The van der Waals surface area contributed by atoms with Crippen molar-refractivity contribution in [2.24, 2.45) is 5.73 Å². The van der Waals surface area contributed by atoms with Crippen LogP contribution in [-0.4, -0.2) is 100 Å². The van der Waals surface area contributed by atoms with E-state index in [1.54, 1.807) is 0 Å². The summed E-state index contributed by atoms with van der Waals surface area (Å²) in [5, 5.41) is 12.2. The van der Waals surface area contributed by atoms with E-state index in [4.69, 9.17) is 34.7 Å². The van der Waals surface area contributed by atoms with Crippen LogP contribution in [0.1, 0.15) is 70.9 Å². The number of aromatic nitrogens is 2. The molecular weight excluding hydrogens is 710 g/mol. The van der Waals surface area contributed by atoms with E-state index in [-0.39, 0.29) is 31.4 Å². The zero-order valence-electron chi connectivity index (χ0n) is 28.0. The third-order valence-electron chi connectivity index (χ3n) is 7.53. The van der Waals surface area contributed by atoms with E-state index in [0.717, 1.165) is 48.3 Å². The van der Waals surface area contributed by atoms with Crippen molar-refractivity contribution in [2.75, 3.05) is 45.2 Å². The second-order valence-corrected chi connectivity index (χ2v) is 14.6. The van der Waals surface area contributed by atoms with Crippen molar-refractivity contribution in [1.29, 1.82) is 0 Å². The highest BCUT2D eigenvalue weighted by atomic mass is 32.1. The smallest absolute Gasteiger partial charge is 0.394 e. The van der Waals surface area contributed by atoms with Crippen LogP contribution in [0.15, 0.2) is 21.9 Å². The van der Waals surface area contributed by atoms with Crippen LogP contribution in [0.25, 0.3) is 6.08 Å². The lowest BCUT2D eigenvalue weighted by Crippen LogP contribution is -2.33. The zero-order valence-corrected chi connectivity index (χ0v) is 29.7. The van der Waals surface area contributed by atoms with Crippen LogP contribution in [0.4, 0.5) is 0 Å². The number of thiol groups is 1. The van der Waals surface area contributed by atoms with Crippen LogP contribution >= 0.6 is 28.3 Å². The quantitative estimate of drug-likeness (QED) is 0.0360. The molecule has 7 N–H and O–H groups in total. The average molecular weight is 761 g/mol. The number of nitrogens with zero attached hydrogens (tertiary/aromatic N) is 1. The Bertz CT molecular complexity index is 1470. The maximum Gasteiger partial charge on any atom is 0.472 e. The fourth-order valence-electron chi connectivity index (χ4n) is 5.00. The Balaban J connectivity index is 1.73. The molecule has 0 aromatic carbocycles. The number of phosphoric ester groups is 2. The number of unbranched alkanes of at least 4 members (excludes halogenated alkanes) is 4. The van der Waals surface area contributed by atoms with Gasteiger partial charge in [0.25, 0.3) is 5.56 Å². The van der Waals surface area contributed by atoms with Crippen LogP contribution < -0.4 is 22.3 Å². The predicted molar refractivity (Wildman–Crippen MR) is 180 cm³/mol. The molecule has 0 bridgehead atoms. The third kappa shape index (κ3) is 14.4. The standard InChI is InChI=1S/C28H48N4O14P2S/c29-11-3-4-12-30-25(34)8-7-20-18-32(28(36)31-27(20)35)26-17-23(46-48(39,40)45-22-9-14-41-24(22)19-33)21(44-26)10-15-43-47(37,38)42-13-5-1-2-6-16-49/h7-8,18,21-24,26,33,49H,1-6,9-17,19,29H2,(H,30,34)(H,37,38)(H,39,40)(H,31,35,36)/b8-7+/i14T. The number of nitrogens with two attached hydrogens (primary N) is 1. The van der Waals surface area contributed by atoms with Crippen LogP contribution in [0.3, 0.4) is 0 Å². The molecule has 2 aliphatic heterocycles. The lowest BCUT2D eigenvalue weighted by atomic mass is 10.1. The number of carbonyl (C=O) groups excluding carboxylic acids is 1. The first kappa shape index (κ1) is 40.1. The number of phosphoric acid groups is 2. The minimum atomic E-state index is -4.92. The molecule has 49 heavy (non-hydrogen) atoms. The number of aliphatic hydroxyl groups is 1. The second-order valence-electron chi connectivity index (χ2n) is 11.3. The monoisotopic (exact) mass is 760 g/mol. The van der Waals surface area contributed by atoms with Crippen molar-refractivity contribution in [1.82, 2.24) is 14.9 Å². The molecule has 0 spiro atoms. The molecule has 1 amide bonds. The Kier molecular flexibility index (Phi) is 17.2. The van der Waals surface area contributed by atoms with E-state index in [1.165, 1.54) is 6.08 Å². The van der Waals surface area contributed by atoms with Gasteiger partial charge in [-0.3, -0.25) is 37.2 Å². The zero-order chi connectivity index (χ0) is 36.7. The molecule has 18 nitrogen and oxygen atoms in total. The van der Waals surface area contributed by atoms with Gasteiger partial charge in [-0.15, -0.1) is 0 Å². The van der Waals surface area contributed by atoms with Gasteiger partial charge in [0.15, 0.2) is 0 Å². The van der Waals surface area contributed by atoms with Crippen molar-refractivity contribution < 1.29 is 57.8 Å². The molecule has 2 aliphatic rings. The van der Waals surface area contributed by atoms with Gasteiger partial charge in [-0.05, 0) is 44.1 Å². The van der Waals surface area contributed by atoms with Gasteiger partial charge in [0.1, 0.15) is 24.5 Å². The Hall–Kier alpha value is -1.70. The molecule has 3 rings (SSSR count). The third-order valence-corrected chi connectivity index (χ3v) is 9.93. The fraction of sp³-hybridized carbons (Fsp3) is 0.750. The van der Waals surface area contributed by atoms with E-state index in [9.17, 15) is 38.4 Å². The molecule has 0 aliphatic carbocycles. The summed E-state index contributed by atoms with van der Waals surface area (Å²) in [7, 11) is -9.38. The van der Waals surface area contributed by atoms with Gasteiger partial charge in [0.2, 0.25) is 5.91 Å². The summed E-state index contributed by atoms with van der Waals surface area (Å²) < 4.78 is 66.2. The number of aromatic amines is 1. The molecule has 1 aromatic rings. The van der Waals surface area contributed by atoms with Crippen molar-refractivity contribution in [3.05, 3.63) is 38.7 Å². The molecule has 1 aromatic heterocycles. The SMILES string of the molecule is [3H]C1CC(OP(=O)(O)OC2CC(n3cc(/C=C/C(=O)NCCCCN)c(=O)[nH]c3=O)OC2CCOP(=O)(O)OCCCCCCS)C(CO)O1. The molecule has 2 saturated heterocycles. The number of hydrogen-bond acceptors (Lipinski definition) is 14. The number of nitrogens with one attached hydrogen (secondary N) is 2. The summed E-state index contributed by atoms with van der Waals surface area (Å²) in [6.07, 6.45) is 1.72. The van der Waals surface area contributed by atoms with Gasteiger partial charge in [0, 0.05) is 44.7 Å². The summed E-state index contributed by atoms with van der Waals surface area (Å²) >= 11 is 4.14. The van der Waals surface area contributed by atoms with E-state index in [1.807, 2.05) is 0 Å². The first-order valence-corrected chi connectivity index (χ1v) is 19.7. The van der Waals surface area contributed by atoms with Crippen LogP contribution in [-0.2, 0) is 41.5 Å². The highest BCUT2D eigenvalue weighted by molar-refractivity contribution is 7.80. The van der Waals surface area contributed by atoms with Crippen molar-refractivity contribution in [3.63, 3.8) is 0 Å². The second kappa shape index (κ2) is 21.0. The predicted octanol–water partition coefficient (Wildman–Crippen LogP) is 1.36. The topological polar surface area (TPSA) is 260 Å². The molecule has 2 fully saturated rings. The molecule has 3 heterocycles. The Morgan fingerprint density at radius 1 is 1.10 bits per heavy atom. The molecule has 8 unspecified atom stereocenters. The van der Waals surface area contributed by atoms with Gasteiger partial charge >= 0.3 is 21.3 Å². The van der Waals surface area contributed by atoms with Crippen molar-refractivity contribution >= 4 is 40.3 Å². The number of amides is 1. The molecule has 280 valence electrons. The summed E-state index contributed by atoms with van der Waals surface area (Å²) in [5.74, 6) is 0.262. The number of rotatable bonds is 23. The van der Waals surface area contributed by atoms with E-state index < -0.39 is 83.2 Å². The van der Waals surface area contributed by atoms with Crippen LogP contribution in [0, 0.1) is 0 Å². The molecule has 0 saturated carbocycles. The normalized spacial score (nSPS) is 26.8. The Morgan fingerprint density at radius 2 is 1.84 bits per heavy atom. The number of hydrogen-bond donors (Lipinski definition) is 7. The van der Waals surface area contributed by atoms with Gasteiger partial charge in [-0.2, -0.15) is 12.6 Å². The minimum absolute atomic E-state index is 0.0140. The number of H-pyrrole nitrogens is 1. The van der Waals surface area contributed by atoms with Crippen molar-refractivity contribution in [3.8, 4) is 0 Å². The minimum Gasteiger partial charge on any atom is -0.394 e. The Morgan fingerprint density at radius 3 is 2.57 bits per heavy atom.